The molecule has 5 heteroatoms. The van der Waals surface area contributed by atoms with Crippen LogP contribution < -0.4 is 0 Å². The van der Waals surface area contributed by atoms with Gasteiger partial charge in [-0.25, -0.2) is 4.39 Å². The molecule has 0 aromatic heterocycles. The number of halogens is 5. The second kappa shape index (κ2) is 4.93. The van der Waals surface area contributed by atoms with E-state index in [9.17, 15) is 4.39 Å². The molecule has 2 aromatic carbocycles. The molecule has 2 aromatic rings. The average molecular weight is 356 g/mol. The molecule has 0 aliphatic heterocycles. The molecular formula is C12H7BrCl3F. The molecule has 0 saturated carbocycles. The SMILES string of the molecule is FC(Cl)c1ccc2ccc(C(Cl)(Cl)Br)cc2c1. The van der Waals surface area contributed by atoms with Crippen molar-refractivity contribution in [3.8, 4) is 0 Å². The summed E-state index contributed by atoms with van der Waals surface area (Å²) in [5.41, 5.74) is -0.403. The van der Waals surface area contributed by atoms with Crippen LogP contribution in [0.1, 0.15) is 16.8 Å². The second-order valence-electron chi connectivity index (χ2n) is 3.62. The first-order valence-corrected chi connectivity index (χ1v) is 6.75. The maximum atomic E-state index is 13.0. The zero-order valence-electron chi connectivity index (χ0n) is 8.43. The quantitative estimate of drug-likeness (QED) is 0.576. The third kappa shape index (κ3) is 3.05. The van der Waals surface area contributed by atoms with Crippen LogP contribution in [0, 0.1) is 0 Å². The minimum absolute atomic E-state index is 0.417. The Labute approximate surface area is 122 Å². The molecule has 0 aliphatic rings. The molecule has 0 saturated heterocycles. The van der Waals surface area contributed by atoms with E-state index in [4.69, 9.17) is 34.8 Å². The Morgan fingerprint density at radius 1 is 1.06 bits per heavy atom. The Kier molecular flexibility index (Phi) is 3.89. The molecule has 2 rings (SSSR count). The molecule has 90 valence electrons. The predicted octanol–water partition coefficient (Wildman–Crippen LogP) is 6.03. The summed E-state index contributed by atoms with van der Waals surface area (Å²) in [6.45, 7) is 0. The van der Waals surface area contributed by atoms with Crippen molar-refractivity contribution < 1.29 is 4.39 Å². The fourth-order valence-electron chi connectivity index (χ4n) is 1.58. The van der Waals surface area contributed by atoms with Crippen LogP contribution in [0.25, 0.3) is 10.8 Å². The molecule has 0 radical (unpaired) electrons. The summed E-state index contributed by atoms with van der Waals surface area (Å²) in [5.74, 6) is 0. The largest absolute Gasteiger partial charge is 0.225 e. The summed E-state index contributed by atoms with van der Waals surface area (Å²) in [6.07, 6.45) is 0. The summed E-state index contributed by atoms with van der Waals surface area (Å²) < 4.78 is 11.9. The first-order valence-electron chi connectivity index (χ1n) is 4.77. The molecular weight excluding hydrogens is 349 g/mol. The Bertz CT molecular complexity index is 549. The lowest BCUT2D eigenvalue weighted by Crippen LogP contribution is -1.98. The van der Waals surface area contributed by atoms with E-state index in [1.165, 1.54) is 0 Å². The van der Waals surface area contributed by atoms with Crippen molar-refractivity contribution in [2.45, 2.75) is 8.87 Å². The van der Waals surface area contributed by atoms with Crippen molar-refractivity contribution >= 4 is 61.5 Å². The van der Waals surface area contributed by atoms with Gasteiger partial charge in [0.2, 0.25) is 0 Å². The van der Waals surface area contributed by atoms with Gasteiger partial charge in [0, 0.05) is 5.56 Å². The van der Waals surface area contributed by atoms with Gasteiger partial charge >= 0.3 is 0 Å². The van der Waals surface area contributed by atoms with E-state index in [0.717, 1.165) is 10.8 Å². The van der Waals surface area contributed by atoms with Gasteiger partial charge in [0.15, 0.2) is 8.87 Å². The second-order valence-corrected chi connectivity index (χ2v) is 7.43. The molecule has 17 heavy (non-hydrogen) atoms. The van der Waals surface area contributed by atoms with Gasteiger partial charge in [-0.15, -0.1) is 0 Å². The molecule has 0 fully saturated rings. The van der Waals surface area contributed by atoms with Gasteiger partial charge < -0.3 is 0 Å². The average Bonchev–Trinajstić information content (AvgIpc) is 2.26. The predicted molar refractivity (Wildman–Crippen MR) is 76.0 cm³/mol. The van der Waals surface area contributed by atoms with E-state index in [0.29, 0.717) is 11.1 Å². The van der Waals surface area contributed by atoms with Crippen molar-refractivity contribution in [2.75, 3.05) is 0 Å². The van der Waals surface area contributed by atoms with Gasteiger partial charge in [-0.3, -0.25) is 0 Å². The first kappa shape index (κ1) is 13.4. The molecule has 1 atom stereocenters. The van der Waals surface area contributed by atoms with Crippen LogP contribution in [-0.2, 0) is 3.24 Å². The van der Waals surface area contributed by atoms with Crippen molar-refractivity contribution in [3.63, 3.8) is 0 Å². The number of fused-ring (bicyclic) bond motifs is 1. The topological polar surface area (TPSA) is 0 Å². The minimum Gasteiger partial charge on any atom is -0.225 e. The smallest absolute Gasteiger partial charge is 0.198 e. The summed E-state index contributed by atoms with van der Waals surface area (Å²) in [5, 5.41) is 1.81. The zero-order chi connectivity index (χ0) is 12.6. The fourth-order valence-corrected chi connectivity index (χ4v) is 2.19. The molecule has 0 aliphatic carbocycles. The lowest BCUT2D eigenvalue weighted by molar-refractivity contribution is 0.461. The molecule has 1 unspecified atom stereocenters. The van der Waals surface area contributed by atoms with Gasteiger partial charge in [-0.05, 0) is 44.4 Å². The van der Waals surface area contributed by atoms with Crippen LogP contribution >= 0.6 is 50.7 Å². The lowest BCUT2D eigenvalue weighted by Gasteiger charge is -2.13. The summed E-state index contributed by atoms with van der Waals surface area (Å²) >= 11 is 20.4. The Morgan fingerprint density at radius 3 is 2.29 bits per heavy atom. The number of hydrogen-bond donors (Lipinski definition) is 0. The molecule has 0 bridgehead atoms. The summed E-state index contributed by atoms with van der Waals surface area (Å²) in [6, 6.07) is 10.6. The molecule has 0 heterocycles. The highest BCUT2D eigenvalue weighted by Crippen LogP contribution is 2.41. The normalized spacial score (nSPS) is 13.9. The molecule has 0 N–H and O–H groups in total. The van der Waals surface area contributed by atoms with Crippen molar-refractivity contribution in [2.24, 2.45) is 0 Å². The third-order valence-electron chi connectivity index (χ3n) is 2.44. The zero-order valence-corrected chi connectivity index (χ0v) is 12.3. The Balaban J connectivity index is 2.59. The van der Waals surface area contributed by atoms with E-state index < -0.39 is 8.87 Å². The van der Waals surface area contributed by atoms with E-state index in [2.05, 4.69) is 15.9 Å². The summed E-state index contributed by atoms with van der Waals surface area (Å²) in [7, 11) is 0. The fraction of sp³-hybridized carbons (Fsp3) is 0.167. The highest BCUT2D eigenvalue weighted by atomic mass is 79.9. The van der Waals surface area contributed by atoms with Crippen molar-refractivity contribution in [1.82, 2.24) is 0 Å². The Morgan fingerprint density at radius 2 is 1.71 bits per heavy atom. The molecule has 0 spiro atoms. The van der Waals surface area contributed by atoms with Crippen LogP contribution in [0.4, 0.5) is 4.39 Å². The van der Waals surface area contributed by atoms with Gasteiger partial charge in [0.1, 0.15) is 0 Å². The minimum atomic E-state index is -1.51. The Hall–Kier alpha value is -0.0200. The van der Waals surface area contributed by atoms with Crippen molar-refractivity contribution in [3.05, 3.63) is 47.5 Å². The highest BCUT2D eigenvalue weighted by Gasteiger charge is 2.22. The lowest BCUT2D eigenvalue weighted by atomic mass is 10.1. The first-order chi connectivity index (χ1) is 7.88. The van der Waals surface area contributed by atoms with Gasteiger partial charge in [0.05, 0.1) is 0 Å². The van der Waals surface area contributed by atoms with Crippen LogP contribution in [0.2, 0.25) is 0 Å². The van der Waals surface area contributed by atoms with Crippen LogP contribution in [-0.4, -0.2) is 0 Å². The van der Waals surface area contributed by atoms with Gasteiger partial charge in [0.25, 0.3) is 0 Å². The van der Waals surface area contributed by atoms with Crippen LogP contribution in [0.5, 0.6) is 0 Å². The molecule has 0 amide bonds. The number of alkyl halides is 5. The van der Waals surface area contributed by atoms with E-state index in [1.54, 1.807) is 18.2 Å². The maximum Gasteiger partial charge on any atom is 0.198 e. The van der Waals surface area contributed by atoms with Gasteiger partial charge in [-0.1, -0.05) is 59.1 Å². The van der Waals surface area contributed by atoms with E-state index in [-0.39, 0.29) is 0 Å². The van der Waals surface area contributed by atoms with Crippen molar-refractivity contribution in [1.29, 1.82) is 0 Å². The van der Waals surface area contributed by atoms with E-state index in [1.807, 2.05) is 18.2 Å². The van der Waals surface area contributed by atoms with E-state index >= 15 is 0 Å². The monoisotopic (exact) mass is 354 g/mol. The maximum absolute atomic E-state index is 13.0. The third-order valence-corrected chi connectivity index (χ3v) is 3.59. The van der Waals surface area contributed by atoms with Crippen LogP contribution in [0.15, 0.2) is 36.4 Å². The standard InChI is InChI=1S/C12H7BrCl3F/c13-12(15,16)10-4-3-7-1-2-8(11(14)17)5-9(7)6-10/h1-6,11H. The summed E-state index contributed by atoms with van der Waals surface area (Å²) in [4.78, 5) is 0. The number of hydrogen-bond acceptors (Lipinski definition) is 0. The van der Waals surface area contributed by atoms with Gasteiger partial charge in [-0.2, -0.15) is 0 Å². The number of benzene rings is 2. The number of rotatable bonds is 2. The molecule has 0 nitrogen and oxygen atoms in total. The highest BCUT2D eigenvalue weighted by molar-refractivity contribution is 9.10. The van der Waals surface area contributed by atoms with Crippen LogP contribution in [0.3, 0.4) is 0 Å².